The second-order valence-electron chi connectivity index (χ2n) is 8.88. The van der Waals surface area contributed by atoms with E-state index in [9.17, 15) is 4.79 Å². The minimum atomic E-state index is -0.292. The van der Waals surface area contributed by atoms with Crippen LogP contribution in [0, 0.1) is 0 Å². The van der Waals surface area contributed by atoms with Gasteiger partial charge in [-0.3, -0.25) is 4.79 Å². The average Bonchev–Trinajstić information content (AvgIpc) is 3.41. The predicted molar refractivity (Wildman–Crippen MR) is 153 cm³/mol. The van der Waals surface area contributed by atoms with Crippen LogP contribution < -0.4 is 15.0 Å². The van der Waals surface area contributed by atoms with Crippen molar-refractivity contribution in [2.24, 2.45) is 5.10 Å². The van der Waals surface area contributed by atoms with Gasteiger partial charge in [0.1, 0.15) is 12.2 Å². The van der Waals surface area contributed by atoms with Crippen molar-refractivity contribution in [3.8, 4) is 23.1 Å². The van der Waals surface area contributed by atoms with E-state index in [-0.39, 0.29) is 5.56 Å². The molecule has 2 heterocycles. The summed E-state index contributed by atoms with van der Waals surface area (Å²) in [6, 6.07) is 32.2. The minimum absolute atomic E-state index is 0.292. The number of hydrogen-bond acceptors (Lipinski definition) is 6. The Morgan fingerprint density at radius 1 is 0.872 bits per heavy atom. The average molecular weight is 516 g/mol. The van der Waals surface area contributed by atoms with Gasteiger partial charge >= 0.3 is 0 Å². The van der Waals surface area contributed by atoms with Gasteiger partial charge < -0.3 is 13.9 Å². The SMILES string of the molecule is CCOc1cc(C=Nn2c(-c3cc4ccccc4o3)nc3ccccc3c2=O)ccc1OCc1ccccc1. The Labute approximate surface area is 224 Å². The zero-order valence-electron chi connectivity index (χ0n) is 21.3. The summed E-state index contributed by atoms with van der Waals surface area (Å²) in [6.45, 7) is 2.82. The molecule has 192 valence electrons. The highest BCUT2D eigenvalue weighted by molar-refractivity contribution is 5.85. The summed E-state index contributed by atoms with van der Waals surface area (Å²) in [5.41, 5.74) is 2.79. The van der Waals surface area contributed by atoms with E-state index in [0.717, 1.165) is 16.5 Å². The quantitative estimate of drug-likeness (QED) is 0.212. The van der Waals surface area contributed by atoms with Crippen LogP contribution in [-0.4, -0.2) is 22.5 Å². The van der Waals surface area contributed by atoms with Gasteiger partial charge in [0, 0.05) is 5.39 Å². The van der Waals surface area contributed by atoms with E-state index < -0.39 is 0 Å². The van der Waals surface area contributed by atoms with Gasteiger partial charge in [-0.15, -0.1) is 0 Å². The molecule has 6 aromatic rings. The molecular weight excluding hydrogens is 490 g/mol. The normalized spacial score (nSPS) is 11.4. The lowest BCUT2D eigenvalue weighted by Crippen LogP contribution is -2.20. The Bertz CT molecular complexity index is 1820. The predicted octanol–water partition coefficient (Wildman–Crippen LogP) is 6.67. The molecule has 0 aliphatic heterocycles. The Morgan fingerprint density at radius 2 is 1.67 bits per heavy atom. The molecule has 4 aromatic carbocycles. The van der Waals surface area contributed by atoms with Crippen LogP contribution in [0.25, 0.3) is 33.5 Å². The summed E-state index contributed by atoms with van der Waals surface area (Å²) < 4.78 is 19.2. The first-order valence-corrected chi connectivity index (χ1v) is 12.7. The van der Waals surface area contributed by atoms with E-state index >= 15 is 0 Å². The lowest BCUT2D eigenvalue weighted by atomic mass is 10.2. The molecule has 2 aromatic heterocycles. The number of para-hydroxylation sites is 2. The maximum atomic E-state index is 13.5. The first-order valence-electron chi connectivity index (χ1n) is 12.7. The third kappa shape index (κ3) is 5.02. The number of rotatable bonds is 8. The summed E-state index contributed by atoms with van der Waals surface area (Å²) in [5.74, 6) is 2.00. The summed E-state index contributed by atoms with van der Waals surface area (Å²) in [6.07, 6.45) is 1.60. The van der Waals surface area contributed by atoms with E-state index in [2.05, 4.69) is 5.10 Å². The molecule has 7 nitrogen and oxygen atoms in total. The highest BCUT2D eigenvalue weighted by Crippen LogP contribution is 2.30. The van der Waals surface area contributed by atoms with Gasteiger partial charge in [-0.1, -0.05) is 60.7 Å². The molecule has 0 spiro atoms. The first kappa shape index (κ1) is 24.2. The molecule has 0 fully saturated rings. The maximum absolute atomic E-state index is 13.5. The molecule has 7 heteroatoms. The lowest BCUT2D eigenvalue weighted by Gasteiger charge is -2.13. The topological polar surface area (TPSA) is 78.9 Å². The van der Waals surface area contributed by atoms with Crippen LogP contribution in [0.4, 0.5) is 0 Å². The Balaban J connectivity index is 1.38. The molecular formula is C32H25N3O4. The molecule has 0 aliphatic carbocycles. The van der Waals surface area contributed by atoms with Gasteiger partial charge in [-0.05, 0) is 60.5 Å². The van der Waals surface area contributed by atoms with Crippen LogP contribution in [0.2, 0.25) is 0 Å². The number of nitrogens with zero attached hydrogens (tertiary/aromatic N) is 3. The summed E-state index contributed by atoms with van der Waals surface area (Å²) in [5, 5.41) is 5.94. The molecule has 0 amide bonds. The van der Waals surface area contributed by atoms with E-state index in [1.54, 1.807) is 18.3 Å². The monoisotopic (exact) mass is 515 g/mol. The van der Waals surface area contributed by atoms with Crippen LogP contribution in [0.15, 0.2) is 117 Å². The lowest BCUT2D eigenvalue weighted by molar-refractivity contribution is 0.269. The second-order valence-corrected chi connectivity index (χ2v) is 8.88. The highest BCUT2D eigenvalue weighted by atomic mass is 16.5. The van der Waals surface area contributed by atoms with Crippen LogP contribution in [0.3, 0.4) is 0 Å². The fourth-order valence-electron chi connectivity index (χ4n) is 4.33. The van der Waals surface area contributed by atoms with Gasteiger partial charge in [-0.2, -0.15) is 9.78 Å². The van der Waals surface area contributed by atoms with Crippen LogP contribution >= 0.6 is 0 Å². The molecule has 0 atom stereocenters. The minimum Gasteiger partial charge on any atom is -0.490 e. The molecule has 6 rings (SSSR count). The number of aromatic nitrogens is 2. The van der Waals surface area contributed by atoms with Crippen molar-refractivity contribution in [3.05, 3.63) is 125 Å². The van der Waals surface area contributed by atoms with Crippen molar-refractivity contribution in [2.75, 3.05) is 6.61 Å². The van der Waals surface area contributed by atoms with Crippen molar-refractivity contribution in [1.82, 2.24) is 9.66 Å². The fraction of sp³-hybridized carbons (Fsp3) is 0.0938. The van der Waals surface area contributed by atoms with Gasteiger partial charge in [0.2, 0.25) is 5.82 Å². The third-order valence-electron chi connectivity index (χ3n) is 6.23. The Kier molecular flexibility index (Phi) is 6.62. The van der Waals surface area contributed by atoms with E-state index in [1.807, 2.05) is 97.9 Å². The zero-order valence-corrected chi connectivity index (χ0v) is 21.3. The second kappa shape index (κ2) is 10.7. The van der Waals surface area contributed by atoms with Gasteiger partial charge in [-0.25, -0.2) is 4.98 Å². The Morgan fingerprint density at radius 3 is 2.51 bits per heavy atom. The van der Waals surface area contributed by atoms with Crippen molar-refractivity contribution in [1.29, 1.82) is 0 Å². The van der Waals surface area contributed by atoms with E-state index in [4.69, 9.17) is 18.9 Å². The summed E-state index contributed by atoms with van der Waals surface area (Å²) in [7, 11) is 0. The van der Waals surface area contributed by atoms with Crippen LogP contribution in [0.1, 0.15) is 18.1 Å². The van der Waals surface area contributed by atoms with Crippen molar-refractivity contribution in [2.45, 2.75) is 13.5 Å². The summed E-state index contributed by atoms with van der Waals surface area (Å²) in [4.78, 5) is 18.3. The zero-order chi connectivity index (χ0) is 26.6. The first-order chi connectivity index (χ1) is 19.2. The molecule has 39 heavy (non-hydrogen) atoms. The van der Waals surface area contributed by atoms with Gasteiger partial charge in [0.25, 0.3) is 5.56 Å². The van der Waals surface area contributed by atoms with Gasteiger partial charge in [0.15, 0.2) is 17.3 Å². The number of fused-ring (bicyclic) bond motifs is 2. The molecule has 0 unspecified atom stereocenters. The number of benzene rings is 4. The van der Waals surface area contributed by atoms with Gasteiger partial charge in [0.05, 0.1) is 23.7 Å². The smallest absolute Gasteiger partial charge is 0.282 e. The standard InChI is InChI=1S/C32H25N3O4/c1-2-37-29-18-23(16-17-28(29)38-21-22-10-4-3-5-11-22)20-33-35-31(30-19-24-12-6-9-15-27(24)39-30)34-26-14-8-7-13-25(26)32(35)36/h3-20H,2,21H2,1H3. The van der Waals surface area contributed by atoms with Crippen LogP contribution in [-0.2, 0) is 6.61 Å². The van der Waals surface area contributed by atoms with Crippen LogP contribution in [0.5, 0.6) is 11.5 Å². The molecule has 0 bridgehead atoms. The highest BCUT2D eigenvalue weighted by Gasteiger charge is 2.16. The van der Waals surface area contributed by atoms with E-state index in [1.165, 1.54) is 4.68 Å². The Hall–Kier alpha value is -5.17. The molecule has 0 radical (unpaired) electrons. The molecule has 0 saturated heterocycles. The van der Waals surface area contributed by atoms with Crippen molar-refractivity contribution >= 4 is 28.1 Å². The maximum Gasteiger partial charge on any atom is 0.282 e. The molecule has 0 N–H and O–H groups in total. The van der Waals surface area contributed by atoms with Crippen molar-refractivity contribution < 1.29 is 13.9 Å². The number of ether oxygens (including phenoxy) is 2. The third-order valence-corrected chi connectivity index (χ3v) is 6.23. The summed E-state index contributed by atoms with van der Waals surface area (Å²) >= 11 is 0. The number of hydrogen-bond donors (Lipinski definition) is 0. The molecule has 0 saturated carbocycles. The molecule has 0 aliphatic rings. The fourth-order valence-corrected chi connectivity index (χ4v) is 4.33. The van der Waals surface area contributed by atoms with Crippen molar-refractivity contribution in [3.63, 3.8) is 0 Å². The largest absolute Gasteiger partial charge is 0.490 e. The number of furan rings is 1. The van der Waals surface area contributed by atoms with E-state index in [0.29, 0.717) is 52.8 Å².